The van der Waals surface area contributed by atoms with Crippen LogP contribution in [-0.2, 0) is 0 Å². The molecule has 4 rings (SSSR count). The lowest BCUT2D eigenvalue weighted by Gasteiger charge is -2.24. The molecule has 1 aromatic carbocycles. The van der Waals surface area contributed by atoms with Crippen molar-refractivity contribution in [2.24, 2.45) is 0 Å². The van der Waals surface area contributed by atoms with E-state index >= 15 is 0 Å². The van der Waals surface area contributed by atoms with E-state index in [2.05, 4.69) is 30.5 Å². The minimum absolute atomic E-state index is 0.0677. The number of benzene rings is 1. The van der Waals surface area contributed by atoms with E-state index in [1.54, 1.807) is 13.8 Å². The number of aryl methyl sites for hydroxylation is 1. The van der Waals surface area contributed by atoms with Crippen LogP contribution in [0.25, 0.3) is 5.69 Å². The van der Waals surface area contributed by atoms with Crippen LogP contribution in [-0.4, -0.2) is 44.0 Å². The van der Waals surface area contributed by atoms with Crippen LogP contribution >= 0.6 is 0 Å². The van der Waals surface area contributed by atoms with Gasteiger partial charge in [0.15, 0.2) is 5.82 Å². The predicted octanol–water partition coefficient (Wildman–Crippen LogP) is 3.13. The Balaban J connectivity index is 1.56. The van der Waals surface area contributed by atoms with Crippen LogP contribution in [0.15, 0.2) is 18.2 Å². The first-order chi connectivity index (χ1) is 13.9. The molecule has 29 heavy (non-hydrogen) atoms. The van der Waals surface area contributed by atoms with Crippen molar-refractivity contribution < 1.29 is 13.6 Å². The summed E-state index contributed by atoms with van der Waals surface area (Å²) in [7, 11) is 0. The van der Waals surface area contributed by atoms with Crippen LogP contribution < -0.4 is 10.2 Å². The topological polar surface area (TPSA) is 91.7 Å². The number of nitrogens with zero attached hydrogens (tertiary/aromatic N) is 5. The minimum Gasteiger partial charge on any atom is -0.340 e. The van der Waals surface area contributed by atoms with Gasteiger partial charge >= 0.3 is 0 Å². The zero-order valence-corrected chi connectivity index (χ0v) is 16.2. The quantitative estimate of drug-likeness (QED) is 0.701. The SMILES string of the molecule is Cc1nn(-c2ccc(F)cc2F)c(C)c1C(=O)Nc1nc(N2CCCCC2)n[nH]1. The van der Waals surface area contributed by atoms with Gasteiger partial charge in [-0.2, -0.15) is 10.1 Å². The zero-order valence-electron chi connectivity index (χ0n) is 16.2. The van der Waals surface area contributed by atoms with Crippen molar-refractivity contribution in [1.29, 1.82) is 0 Å². The normalized spacial score (nSPS) is 14.3. The van der Waals surface area contributed by atoms with Gasteiger partial charge in [0.05, 0.1) is 17.0 Å². The van der Waals surface area contributed by atoms with Gasteiger partial charge in [0.2, 0.25) is 11.9 Å². The first kappa shape index (κ1) is 19.0. The molecule has 0 atom stereocenters. The molecule has 1 saturated heterocycles. The lowest BCUT2D eigenvalue weighted by molar-refractivity contribution is 0.102. The summed E-state index contributed by atoms with van der Waals surface area (Å²) in [6.07, 6.45) is 3.38. The average Bonchev–Trinajstić information content (AvgIpc) is 3.27. The number of rotatable bonds is 4. The maximum absolute atomic E-state index is 14.2. The monoisotopic (exact) mass is 401 g/mol. The molecular weight excluding hydrogens is 380 g/mol. The van der Waals surface area contributed by atoms with Gasteiger partial charge in [0, 0.05) is 19.2 Å². The highest BCUT2D eigenvalue weighted by Gasteiger charge is 2.23. The molecule has 1 amide bonds. The van der Waals surface area contributed by atoms with Crippen molar-refractivity contribution >= 4 is 17.8 Å². The van der Waals surface area contributed by atoms with Crippen LogP contribution in [0.5, 0.6) is 0 Å². The number of aromatic nitrogens is 5. The Morgan fingerprint density at radius 1 is 1.17 bits per heavy atom. The highest BCUT2D eigenvalue weighted by molar-refractivity contribution is 6.05. The minimum atomic E-state index is -0.760. The first-order valence-electron chi connectivity index (χ1n) is 9.44. The summed E-state index contributed by atoms with van der Waals surface area (Å²) in [5, 5.41) is 13.8. The number of H-pyrrole nitrogens is 1. The number of piperidine rings is 1. The van der Waals surface area contributed by atoms with Gasteiger partial charge in [-0.25, -0.2) is 18.6 Å². The van der Waals surface area contributed by atoms with Gasteiger partial charge in [-0.1, -0.05) is 0 Å². The van der Waals surface area contributed by atoms with Gasteiger partial charge in [-0.05, 0) is 45.2 Å². The van der Waals surface area contributed by atoms with Crippen LogP contribution in [0.3, 0.4) is 0 Å². The largest absolute Gasteiger partial charge is 0.340 e. The summed E-state index contributed by atoms with van der Waals surface area (Å²) in [6.45, 7) is 5.08. The zero-order chi connectivity index (χ0) is 20.5. The molecule has 0 bridgehead atoms. The van der Waals surface area contributed by atoms with E-state index in [-0.39, 0.29) is 11.6 Å². The lowest BCUT2D eigenvalue weighted by Crippen LogP contribution is -2.30. The maximum atomic E-state index is 14.2. The molecule has 0 unspecified atom stereocenters. The van der Waals surface area contributed by atoms with Crippen LogP contribution in [0, 0.1) is 25.5 Å². The molecule has 3 aromatic rings. The van der Waals surface area contributed by atoms with Gasteiger partial charge < -0.3 is 4.90 Å². The number of anilines is 2. The third kappa shape index (κ3) is 3.69. The van der Waals surface area contributed by atoms with Crippen molar-refractivity contribution in [3.8, 4) is 5.69 Å². The van der Waals surface area contributed by atoms with Crippen molar-refractivity contribution in [3.63, 3.8) is 0 Å². The molecule has 1 aliphatic heterocycles. The van der Waals surface area contributed by atoms with E-state index in [4.69, 9.17) is 0 Å². The predicted molar refractivity (Wildman–Crippen MR) is 103 cm³/mol. The molecule has 0 saturated carbocycles. The average molecular weight is 401 g/mol. The summed E-state index contributed by atoms with van der Waals surface area (Å²) in [4.78, 5) is 19.2. The van der Waals surface area contributed by atoms with E-state index in [1.807, 2.05) is 0 Å². The molecular formula is C19H21F2N7O. The van der Waals surface area contributed by atoms with Crippen LogP contribution in [0.2, 0.25) is 0 Å². The summed E-state index contributed by atoms with van der Waals surface area (Å²) < 4.78 is 28.6. The number of hydrogen-bond acceptors (Lipinski definition) is 5. The molecule has 8 nitrogen and oxygen atoms in total. The molecule has 3 heterocycles. The molecule has 0 aliphatic carbocycles. The molecule has 2 N–H and O–H groups in total. The number of carbonyl (C=O) groups excluding carboxylic acids is 1. The van der Waals surface area contributed by atoms with Crippen molar-refractivity contribution in [2.75, 3.05) is 23.3 Å². The van der Waals surface area contributed by atoms with Crippen molar-refractivity contribution in [2.45, 2.75) is 33.1 Å². The summed E-state index contributed by atoms with van der Waals surface area (Å²) in [5.74, 6) is -1.09. The van der Waals surface area contributed by atoms with E-state index in [1.165, 1.54) is 17.2 Å². The fourth-order valence-electron chi connectivity index (χ4n) is 3.57. The highest BCUT2D eigenvalue weighted by Crippen LogP contribution is 2.22. The third-order valence-electron chi connectivity index (χ3n) is 5.00. The number of aromatic amines is 1. The van der Waals surface area contributed by atoms with Crippen molar-refractivity contribution in [1.82, 2.24) is 25.0 Å². The number of nitrogens with one attached hydrogen (secondary N) is 2. The highest BCUT2D eigenvalue weighted by atomic mass is 19.1. The van der Waals surface area contributed by atoms with E-state index < -0.39 is 17.5 Å². The molecule has 1 aliphatic rings. The molecule has 152 valence electrons. The lowest BCUT2D eigenvalue weighted by atomic mass is 10.1. The van der Waals surface area contributed by atoms with Gasteiger partial charge in [-0.15, -0.1) is 5.10 Å². The second-order valence-corrected chi connectivity index (χ2v) is 7.04. The molecule has 10 heteroatoms. The number of amides is 1. The van der Waals surface area contributed by atoms with Gasteiger partial charge in [0.1, 0.15) is 11.5 Å². The first-order valence-corrected chi connectivity index (χ1v) is 9.44. The number of carbonyl (C=O) groups is 1. The standard InChI is InChI=1S/C19H21F2N7O/c1-11-16(12(2)28(26-11)15-7-6-13(20)10-14(15)21)17(29)22-18-23-19(25-24-18)27-8-4-3-5-9-27/h6-7,10H,3-5,8-9H2,1-2H3,(H2,22,23,24,25,29). The van der Waals surface area contributed by atoms with E-state index in [0.717, 1.165) is 38.1 Å². The fraction of sp³-hybridized carbons (Fsp3) is 0.368. The summed E-state index contributed by atoms with van der Waals surface area (Å²) >= 11 is 0. The molecule has 2 aromatic heterocycles. The Labute approximate surface area is 165 Å². The molecule has 0 spiro atoms. The van der Waals surface area contributed by atoms with Gasteiger partial charge in [0.25, 0.3) is 5.91 Å². The Bertz CT molecular complexity index is 1050. The Kier molecular flexibility index (Phi) is 4.99. The van der Waals surface area contributed by atoms with Crippen LogP contribution in [0.4, 0.5) is 20.7 Å². The summed E-state index contributed by atoms with van der Waals surface area (Å²) in [5.41, 5.74) is 1.21. The molecule has 0 radical (unpaired) electrons. The second kappa shape index (κ2) is 7.61. The third-order valence-corrected chi connectivity index (χ3v) is 5.00. The number of hydrogen-bond donors (Lipinski definition) is 2. The Morgan fingerprint density at radius 3 is 2.66 bits per heavy atom. The number of halogens is 2. The second-order valence-electron chi connectivity index (χ2n) is 7.04. The smallest absolute Gasteiger partial charge is 0.261 e. The molecule has 1 fully saturated rings. The fourth-order valence-corrected chi connectivity index (χ4v) is 3.57. The van der Waals surface area contributed by atoms with E-state index in [9.17, 15) is 13.6 Å². The Morgan fingerprint density at radius 2 is 1.93 bits per heavy atom. The summed E-state index contributed by atoms with van der Waals surface area (Å²) in [6, 6.07) is 3.21. The Hall–Kier alpha value is -3.30. The van der Waals surface area contributed by atoms with Crippen LogP contribution in [0.1, 0.15) is 41.0 Å². The van der Waals surface area contributed by atoms with Crippen molar-refractivity contribution in [3.05, 3.63) is 46.8 Å². The van der Waals surface area contributed by atoms with Gasteiger partial charge in [-0.3, -0.25) is 10.1 Å². The maximum Gasteiger partial charge on any atom is 0.261 e. The van der Waals surface area contributed by atoms with E-state index in [0.29, 0.717) is 22.9 Å².